The second-order valence-electron chi connectivity index (χ2n) is 9.39. The number of aromatic hydroxyl groups is 2. The van der Waals surface area contributed by atoms with E-state index in [9.17, 15) is 24.9 Å². The van der Waals surface area contributed by atoms with Gasteiger partial charge in [0.25, 0.3) is 5.91 Å². The van der Waals surface area contributed by atoms with Gasteiger partial charge < -0.3 is 34.5 Å². The van der Waals surface area contributed by atoms with Crippen LogP contribution < -0.4 is 4.84 Å². The van der Waals surface area contributed by atoms with Gasteiger partial charge in [0.05, 0.1) is 30.8 Å². The molecular formula is C23H36N2O9. The highest BCUT2D eigenvalue weighted by Crippen LogP contribution is 2.24. The Labute approximate surface area is 199 Å². The number of carbonyl (C=O) groups excluding carboxylic acids is 2. The first-order valence-corrected chi connectivity index (χ1v) is 11.2. The Morgan fingerprint density at radius 2 is 1.62 bits per heavy atom. The molecule has 192 valence electrons. The van der Waals surface area contributed by atoms with Crippen molar-refractivity contribution >= 4 is 11.9 Å². The highest BCUT2D eigenvalue weighted by atomic mass is 16.7. The number of aromatic nitrogens is 1. The molecule has 0 bridgehead atoms. The molecule has 1 saturated heterocycles. The second-order valence-corrected chi connectivity index (χ2v) is 9.39. The zero-order chi connectivity index (χ0) is 25.5. The number of carbonyl (C=O) groups is 2. The van der Waals surface area contributed by atoms with Gasteiger partial charge in [0, 0.05) is 31.4 Å². The maximum atomic E-state index is 11.9. The molecule has 11 nitrogen and oxygen atoms in total. The number of amides is 1. The molecule has 11 heteroatoms. The lowest BCUT2D eigenvalue weighted by atomic mass is 10.0. The van der Waals surface area contributed by atoms with Crippen molar-refractivity contribution in [1.82, 2.24) is 9.79 Å². The quantitative estimate of drug-likeness (QED) is 0.340. The minimum atomic E-state index is -1.09. The molecule has 1 amide bonds. The van der Waals surface area contributed by atoms with E-state index < -0.39 is 29.3 Å². The molecule has 0 aliphatic carbocycles. The van der Waals surface area contributed by atoms with Gasteiger partial charge in [-0.1, -0.05) is 6.58 Å². The molecule has 1 atom stereocenters. The fourth-order valence-electron chi connectivity index (χ4n) is 3.15. The maximum absolute atomic E-state index is 11.9. The average molecular weight is 485 g/mol. The van der Waals surface area contributed by atoms with Crippen molar-refractivity contribution in [3.8, 4) is 11.8 Å². The lowest BCUT2D eigenvalue weighted by Gasteiger charge is -2.30. The number of aliphatic hydroxyl groups excluding tert-OH is 1. The van der Waals surface area contributed by atoms with Crippen LogP contribution in [-0.2, 0) is 23.9 Å². The molecule has 0 saturated carbocycles. The Balaban J connectivity index is 1.64. The van der Waals surface area contributed by atoms with Gasteiger partial charge in [0.15, 0.2) is 6.23 Å². The Morgan fingerprint density at radius 3 is 2.21 bits per heavy atom. The predicted octanol–water partition coefficient (Wildman–Crippen LogP) is 2.39. The number of hydroxylamine groups is 2. The Hall–Kier alpha value is -2.76. The van der Waals surface area contributed by atoms with Crippen LogP contribution in [0.15, 0.2) is 24.5 Å². The van der Waals surface area contributed by atoms with Crippen LogP contribution in [0.5, 0.6) is 11.8 Å². The van der Waals surface area contributed by atoms with Gasteiger partial charge in [-0.15, -0.1) is 9.79 Å². The topological polar surface area (TPSA) is 140 Å². The van der Waals surface area contributed by atoms with Crippen LogP contribution in [0.3, 0.4) is 0 Å². The van der Waals surface area contributed by atoms with Crippen molar-refractivity contribution in [2.45, 2.75) is 83.6 Å². The third-order valence-electron chi connectivity index (χ3n) is 5.35. The van der Waals surface area contributed by atoms with E-state index in [-0.39, 0.29) is 37.6 Å². The number of hydrogen-bond donors (Lipinski definition) is 3. The lowest BCUT2D eigenvalue weighted by Crippen LogP contribution is -2.36. The third kappa shape index (κ3) is 8.54. The summed E-state index contributed by atoms with van der Waals surface area (Å²) < 4.78 is 12.7. The summed E-state index contributed by atoms with van der Waals surface area (Å²) in [7, 11) is 0. The maximum Gasteiger partial charge on any atom is 0.334 e. The molecule has 1 aromatic heterocycles. The molecule has 3 N–H and O–H groups in total. The highest BCUT2D eigenvalue weighted by Gasteiger charge is 2.33. The summed E-state index contributed by atoms with van der Waals surface area (Å²) >= 11 is 0. The summed E-state index contributed by atoms with van der Waals surface area (Å²) in [5.41, 5.74) is -1.05. The van der Waals surface area contributed by atoms with Crippen LogP contribution in [0.2, 0.25) is 0 Å². The monoisotopic (exact) mass is 484 g/mol. The van der Waals surface area contributed by atoms with Crippen molar-refractivity contribution in [2.75, 3.05) is 13.2 Å². The summed E-state index contributed by atoms with van der Waals surface area (Å²) in [6, 6.07) is 2.61. The summed E-state index contributed by atoms with van der Waals surface area (Å²) in [6.07, 6.45) is 0.844. The number of rotatable bonds is 14. The van der Waals surface area contributed by atoms with E-state index >= 15 is 0 Å². The number of ether oxygens (including phenoxy) is 2. The summed E-state index contributed by atoms with van der Waals surface area (Å²) in [4.78, 5) is 33.7. The van der Waals surface area contributed by atoms with E-state index in [0.29, 0.717) is 36.7 Å². The normalized spacial score (nSPS) is 16.7. The fraction of sp³-hybridized carbons (Fsp3) is 0.652. The van der Waals surface area contributed by atoms with E-state index in [2.05, 4.69) is 6.58 Å². The van der Waals surface area contributed by atoms with E-state index in [1.54, 1.807) is 0 Å². The largest absolute Gasteiger partial charge is 0.492 e. The van der Waals surface area contributed by atoms with Gasteiger partial charge in [-0.05, 0) is 40.5 Å². The first kappa shape index (κ1) is 27.5. The van der Waals surface area contributed by atoms with Gasteiger partial charge in [-0.3, -0.25) is 4.79 Å². The minimum absolute atomic E-state index is 0.0547. The van der Waals surface area contributed by atoms with Gasteiger partial charge in [-0.2, -0.15) is 0 Å². The van der Waals surface area contributed by atoms with Crippen molar-refractivity contribution in [1.29, 1.82) is 0 Å². The molecule has 0 spiro atoms. The number of hydrogen-bond acceptors (Lipinski definition) is 9. The smallest absolute Gasteiger partial charge is 0.334 e. The molecule has 1 fully saturated rings. The Kier molecular flexibility index (Phi) is 9.37. The lowest BCUT2D eigenvalue weighted by molar-refractivity contribution is -0.221. The molecule has 0 radical (unpaired) electrons. The van der Waals surface area contributed by atoms with Crippen LogP contribution in [0.1, 0.15) is 66.2 Å². The van der Waals surface area contributed by atoms with Gasteiger partial charge >= 0.3 is 5.97 Å². The molecule has 1 aliphatic rings. The van der Waals surface area contributed by atoms with Crippen LogP contribution in [0, 0.1) is 0 Å². The third-order valence-corrected chi connectivity index (χ3v) is 5.35. The fourth-order valence-corrected chi connectivity index (χ4v) is 3.15. The highest BCUT2D eigenvalue weighted by molar-refractivity contribution is 5.79. The van der Waals surface area contributed by atoms with Gasteiger partial charge in [0.1, 0.15) is 5.76 Å². The van der Waals surface area contributed by atoms with E-state index in [0.717, 1.165) is 4.73 Å². The molecule has 1 unspecified atom stereocenters. The molecule has 1 aromatic rings. The first-order chi connectivity index (χ1) is 15.8. The van der Waals surface area contributed by atoms with Crippen LogP contribution in [0.4, 0.5) is 0 Å². The zero-order valence-corrected chi connectivity index (χ0v) is 20.3. The molecule has 0 aromatic carbocycles. The van der Waals surface area contributed by atoms with Gasteiger partial charge in [-0.25, -0.2) is 4.79 Å². The average Bonchev–Trinajstić information content (AvgIpc) is 3.22. The first-order valence-electron chi connectivity index (χ1n) is 11.2. The van der Waals surface area contributed by atoms with E-state index in [1.807, 2.05) is 27.7 Å². The minimum Gasteiger partial charge on any atom is -0.492 e. The molecule has 1 aliphatic heterocycles. The van der Waals surface area contributed by atoms with Crippen molar-refractivity contribution in [3.63, 3.8) is 0 Å². The predicted molar refractivity (Wildman–Crippen MR) is 120 cm³/mol. The van der Waals surface area contributed by atoms with Crippen molar-refractivity contribution in [3.05, 3.63) is 24.5 Å². The van der Waals surface area contributed by atoms with E-state index in [1.165, 1.54) is 12.1 Å². The van der Waals surface area contributed by atoms with Crippen molar-refractivity contribution < 1.29 is 44.1 Å². The SMILES string of the molecule is C=C(CCC(C)(C)OCCC(C)(C)OCCC(=O)ON1C(=O)CCC1O)On1c(O)ccc1O. The second kappa shape index (κ2) is 11.6. The van der Waals surface area contributed by atoms with Gasteiger partial charge in [0.2, 0.25) is 11.8 Å². The summed E-state index contributed by atoms with van der Waals surface area (Å²) in [6.45, 7) is 12.0. The molecule has 2 rings (SSSR count). The standard InChI is InChI=1S/C23H36N2O9/c1-16(33-24-17(26)6-7-18(24)27)10-12-22(2,3)32-15-13-23(4,5)31-14-11-21(30)34-25-19(28)8-9-20(25)29/h6-7,19,26-28H,1,8-15H2,2-5H3. The molecule has 2 heterocycles. The van der Waals surface area contributed by atoms with Crippen LogP contribution in [0.25, 0.3) is 0 Å². The summed E-state index contributed by atoms with van der Waals surface area (Å²) in [5, 5.41) is 29.6. The van der Waals surface area contributed by atoms with Crippen LogP contribution in [-0.4, -0.2) is 67.6 Å². The van der Waals surface area contributed by atoms with Crippen LogP contribution >= 0.6 is 0 Å². The Morgan fingerprint density at radius 1 is 1.03 bits per heavy atom. The summed E-state index contributed by atoms with van der Waals surface area (Å²) in [5.74, 6) is -1.17. The molecule has 34 heavy (non-hydrogen) atoms. The number of allylic oxidation sites excluding steroid dienone is 1. The number of aliphatic hydroxyl groups is 1. The Bertz CT molecular complexity index is 843. The molecular weight excluding hydrogens is 448 g/mol. The van der Waals surface area contributed by atoms with E-state index in [4.69, 9.17) is 19.1 Å². The number of nitrogens with zero attached hydrogens (tertiary/aromatic N) is 2. The zero-order valence-electron chi connectivity index (χ0n) is 20.3. The van der Waals surface area contributed by atoms with Crippen molar-refractivity contribution in [2.24, 2.45) is 0 Å².